The van der Waals surface area contributed by atoms with Crippen molar-refractivity contribution in [3.63, 3.8) is 0 Å². The zero-order valence-electron chi connectivity index (χ0n) is 10.3. The molecule has 0 saturated carbocycles. The molecule has 1 aliphatic rings. The lowest BCUT2D eigenvalue weighted by Gasteiger charge is -2.21. The molecule has 0 aliphatic carbocycles. The van der Waals surface area contributed by atoms with E-state index in [1.807, 2.05) is 0 Å². The van der Waals surface area contributed by atoms with Crippen LogP contribution in [0, 0.1) is 5.92 Å². The summed E-state index contributed by atoms with van der Waals surface area (Å²) in [5.74, 6) is 0.624. The van der Waals surface area contributed by atoms with Crippen LogP contribution < -0.4 is 10.1 Å². The van der Waals surface area contributed by atoms with Crippen LogP contribution in [-0.4, -0.2) is 31.1 Å². The SMILES string of the molecule is COc1ccc(C(=O)C2CCNCC2)c(O)c1.Cl. The molecule has 0 radical (unpaired) electrons. The molecule has 1 fully saturated rings. The molecule has 0 spiro atoms. The Balaban J connectivity index is 0.00000162. The van der Waals surface area contributed by atoms with E-state index in [1.54, 1.807) is 12.1 Å². The number of aromatic hydroxyl groups is 1. The van der Waals surface area contributed by atoms with Gasteiger partial charge < -0.3 is 15.2 Å². The van der Waals surface area contributed by atoms with Crippen LogP contribution in [0.15, 0.2) is 18.2 Å². The number of ketones is 1. The molecule has 0 atom stereocenters. The molecule has 5 heteroatoms. The first-order valence-electron chi connectivity index (χ1n) is 5.84. The van der Waals surface area contributed by atoms with E-state index >= 15 is 0 Å². The molecule has 1 aliphatic heterocycles. The fraction of sp³-hybridized carbons (Fsp3) is 0.462. The number of piperidine rings is 1. The highest BCUT2D eigenvalue weighted by molar-refractivity contribution is 6.00. The number of Topliss-reactive ketones (excluding diaryl/α,β-unsaturated/α-hetero) is 1. The van der Waals surface area contributed by atoms with Gasteiger partial charge in [-0.1, -0.05) is 0 Å². The summed E-state index contributed by atoms with van der Waals surface area (Å²) in [6, 6.07) is 4.82. The molecule has 18 heavy (non-hydrogen) atoms. The molecule has 0 unspecified atom stereocenters. The Morgan fingerprint density at radius 1 is 1.39 bits per heavy atom. The third-order valence-electron chi connectivity index (χ3n) is 3.18. The van der Waals surface area contributed by atoms with Crippen LogP contribution in [-0.2, 0) is 0 Å². The molecule has 1 aromatic rings. The Labute approximate surface area is 113 Å². The smallest absolute Gasteiger partial charge is 0.169 e. The largest absolute Gasteiger partial charge is 0.507 e. The van der Waals surface area contributed by atoms with E-state index in [-0.39, 0.29) is 29.9 Å². The molecule has 0 aromatic heterocycles. The van der Waals surface area contributed by atoms with E-state index in [2.05, 4.69) is 5.32 Å². The summed E-state index contributed by atoms with van der Waals surface area (Å²) in [5, 5.41) is 13.0. The van der Waals surface area contributed by atoms with Gasteiger partial charge in [0.2, 0.25) is 0 Å². The number of benzene rings is 1. The number of phenolic OH excluding ortho intramolecular Hbond substituents is 1. The normalized spacial score (nSPS) is 15.8. The van der Waals surface area contributed by atoms with Crippen LogP contribution in [0.25, 0.3) is 0 Å². The van der Waals surface area contributed by atoms with Crippen molar-refractivity contribution >= 4 is 18.2 Å². The van der Waals surface area contributed by atoms with Crippen molar-refractivity contribution in [2.75, 3.05) is 20.2 Å². The molecule has 1 aromatic carbocycles. The van der Waals surface area contributed by atoms with E-state index < -0.39 is 0 Å². The summed E-state index contributed by atoms with van der Waals surface area (Å²) in [4.78, 5) is 12.2. The Kier molecular flexibility index (Phi) is 5.44. The lowest BCUT2D eigenvalue weighted by Crippen LogP contribution is -2.31. The number of nitrogens with one attached hydrogen (secondary N) is 1. The molecule has 1 saturated heterocycles. The first-order valence-corrected chi connectivity index (χ1v) is 5.84. The molecular weight excluding hydrogens is 254 g/mol. The van der Waals surface area contributed by atoms with Crippen molar-refractivity contribution in [2.24, 2.45) is 5.92 Å². The first kappa shape index (κ1) is 14.8. The van der Waals surface area contributed by atoms with Gasteiger partial charge in [0.05, 0.1) is 12.7 Å². The van der Waals surface area contributed by atoms with Gasteiger partial charge >= 0.3 is 0 Å². The second kappa shape index (κ2) is 6.61. The van der Waals surface area contributed by atoms with Crippen molar-refractivity contribution in [1.82, 2.24) is 5.32 Å². The summed E-state index contributed by atoms with van der Waals surface area (Å²) in [6.45, 7) is 1.74. The number of hydrogen-bond acceptors (Lipinski definition) is 4. The van der Waals surface area contributed by atoms with Gasteiger partial charge in [0.1, 0.15) is 11.5 Å². The van der Waals surface area contributed by atoms with Gasteiger partial charge in [0, 0.05) is 12.0 Å². The number of methoxy groups -OCH3 is 1. The quantitative estimate of drug-likeness (QED) is 0.826. The number of carbonyl (C=O) groups excluding carboxylic acids is 1. The topological polar surface area (TPSA) is 58.6 Å². The van der Waals surface area contributed by atoms with E-state index in [1.165, 1.54) is 13.2 Å². The third-order valence-corrected chi connectivity index (χ3v) is 3.18. The summed E-state index contributed by atoms with van der Waals surface area (Å²) in [6.07, 6.45) is 1.68. The van der Waals surface area contributed by atoms with E-state index in [0.29, 0.717) is 11.3 Å². The van der Waals surface area contributed by atoms with E-state index in [4.69, 9.17) is 4.74 Å². The number of halogens is 1. The zero-order chi connectivity index (χ0) is 12.3. The average molecular weight is 272 g/mol. The monoisotopic (exact) mass is 271 g/mol. The predicted molar refractivity (Wildman–Crippen MR) is 71.8 cm³/mol. The third kappa shape index (κ3) is 3.15. The maximum absolute atomic E-state index is 12.2. The summed E-state index contributed by atoms with van der Waals surface area (Å²) in [7, 11) is 1.53. The van der Waals surface area contributed by atoms with Crippen molar-refractivity contribution in [3.8, 4) is 11.5 Å². The summed E-state index contributed by atoms with van der Waals surface area (Å²) in [5.41, 5.74) is 0.401. The molecule has 1 heterocycles. The number of rotatable bonds is 3. The minimum Gasteiger partial charge on any atom is -0.507 e. The van der Waals surface area contributed by atoms with Crippen molar-refractivity contribution in [3.05, 3.63) is 23.8 Å². The second-order valence-electron chi connectivity index (χ2n) is 4.27. The van der Waals surface area contributed by atoms with Crippen LogP contribution in [0.4, 0.5) is 0 Å². The van der Waals surface area contributed by atoms with Gasteiger partial charge in [0.15, 0.2) is 5.78 Å². The van der Waals surface area contributed by atoms with Gasteiger partial charge in [-0.25, -0.2) is 0 Å². The minimum absolute atomic E-state index is 0. The lowest BCUT2D eigenvalue weighted by molar-refractivity contribution is 0.0892. The standard InChI is InChI=1S/C13H17NO3.ClH/c1-17-10-2-3-11(12(15)8-10)13(16)9-4-6-14-7-5-9;/h2-3,8-9,14-15H,4-7H2,1H3;1H. The Morgan fingerprint density at radius 2 is 2.06 bits per heavy atom. The van der Waals surface area contributed by atoms with Crippen LogP contribution in [0.3, 0.4) is 0 Å². The summed E-state index contributed by atoms with van der Waals surface area (Å²) >= 11 is 0. The molecule has 0 amide bonds. The molecule has 4 nitrogen and oxygen atoms in total. The van der Waals surface area contributed by atoms with Crippen LogP contribution in [0.2, 0.25) is 0 Å². The highest BCUT2D eigenvalue weighted by Crippen LogP contribution is 2.27. The van der Waals surface area contributed by atoms with Gasteiger partial charge in [-0.15, -0.1) is 12.4 Å². The van der Waals surface area contributed by atoms with Crippen LogP contribution in [0.5, 0.6) is 11.5 Å². The molecular formula is C13H18ClNO3. The number of hydrogen-bond donors (Lipinski definition) is 2. The van der Waals surface area contributed by atoms with Gasteiger partial charge in [-0.3, -0.25) is 4.79 Å². The summed E-state index contributed by atoms with van der Waals surface area (Å²) < 4.78 is 4.99. The van der Waals surface area contributed by atoms with Crippen molar-refractivity contribution in [2.45, 2.75) is 12.8 Å². The fourth-order valence-electron chi connectivity index (χ4n) is 2.15. The lowest BCUT2D eigenvalue weighted by atomic mass is 9.89. The maximum Gasteiger partial charge on any atom is 0.169 e. The predicted octanol–water partition coefficient (Wildman–Crippen LogP) is 2.00. The number of carbonyl (C=O) groups is 1. The Morgan fingerprint density at radius 3 is 2.61 bits per heavy atom. The average Bonchev–Trinajstić information content (AvgIpc) is 2.39. The van der Waals surface area contributed by atoms with Gasteiger partial charge in [-0.05, 0) is 38.1 Å². The van der Waals surface area contributed by atoms with Crippen molar-refractivity contribution < 1.29 is 14.6 Å². The van der Waals surface area contributed by atoms with Gasteiger partial charge in [0.25, 0.3) is 0 Å². The number of phenols is 1. The molecule has 2 N–H and O–H groups in total. The highest BCUT2D eigenvalue weighted by atomic mass is 35.5. The van der Waals surface area contributed by atoms with E-state index in [9.17, 15) is 9.90 Å². The molecule has 2 rings (SSSR count). The second-order valence-corrected chi connectivity index (χ2v) is 4.27. The highest BCUT2D eigenvalue weighted by Gasteiger charge is 2.24. The minimum atomic E-state index is 0. The fourth-order valence-corrected chi connectivity index (χ4v) is 2.15. The van der Waals surface area contributed by atoms with E-state index in [0.717, 1.165) is 25.9 Å². The van der Waals surface area contributed by atoms with Crippen molar-refractivity contribution in [1.29, 1.82) is 0 Å². The first-order chi connectivity index (χ1) is 8.22. The van der Waals surface area contributed by atoms with Gasteiger partial charge in [-0.2, -0.15) is 0 Å². The Bertz CT molecular complexity index is 417. The van der Waals surface area contributed by atoms with Crippen LogP contribution in [0.1, 0.15) is 23.2 Å². The zero-order valence-corrected chi connectivity index (χ0v) is 11.1. The molecule has 0 bridgehead atoms. The molecule has 100 valence electrons. The Hall–Kier alpha value is -1.26. The van der Waals surface area contributed by atoms with Crippen LogP contribution >= 0.6 is 12.4 Å². The number of ether oxygens (including phenoxy) is 1. The maximum atomic E-state index is 12.2.